The number of likely N-dealkylation sites (tertiary alicyclic amines) is 1. The number of carbonyl (C=O) groups is 3. The smallest absolute Gasteiger partial charge is 0.313 e. The zero-order chi connectivity index (χ0) is 26.3. The van der Waals surface area contributed by atoms with Crippen molar-refractivity contribution in [3.8, 4) is 0 Å². The number of anilines is 1. The summed E-state index contributed by atoms with van der Waals surface area (Å²) in [6, 6.07) is 4.32. The Balaban J connectivity index is 1.83. The van der Waals surface area contributed by atoms with Crippen molar-refractivity contribution < 1.29 is 29.0 Å². The highest BCUT2D eigenvalue weighted by atomic mass is 35.5. The largest absolute Gasteiger partial charge is 0.461 e. The lowest BCUT2D eigenvalue weighted by atomic mass is 9.65. The number of aliphatic hydroxyl groups is 1. The van der Waals surface area contributed by atoms with Crippen LogP contribution in [-0.4, -0.2) is 71.3 Å². The number of β-amino-alcohol motifs (C(OH)–C–C–N with tert-alkyl or cyclic N) is 1. The van der Waals surface area contributed by atoms with E-state index in [2.05, 4.69) is 13.2 Å². The molecule has 0 aromatic heterocycles. The standard InChI is InChI=1S/C27H33ClN2O6/c1-5-13-29(21-17(4)9-8-10-18(21)28)24(33)22-27-12-11-26(7-3,36-27)20(25(34)35-16-6-2)19(27)23(32)30(22)14-15-31/h5-6,8-10,19-20,22,31H,1-2,7,11-16H2,3-4H3/t19-,20+,22?,26-,27?/m0/s1. The summed E-state index contributed by atoms with van der Waals surface area (Å²) in [4.78, 5) is 44.4. The molecule has 36 heavy (non-hydrogen) atoms. The average Bonchev–Trinajstić information content (AvgIpc) is 3.45. The highest BCUT2D eigenvalue weighted by Crippen LogP contribution is 2.64. The summed E-state index contributed by atoms with van der Waals surface area (Å²) in [5.41, 5.74) is -0.796. The minimum absolute atomic E-state index is 0.0185. The molecule has 3 aliphatic heterocycles. The third-order valence-corrected chi connectivity index (χ3v) is 8.19. The summed E-state index contributed by atoms with van der Waals surface area (Å²) in [6.45, 7) is 10.9. The van der Waals surface area contributed by atoms with Crippen LogP contribution in [0.15, 0.2) is 43.5 Å². The number of hydrogen-bond acceptors (Lipinski definition) is 6. The van der Waals surface area contributed by atoms with E-state index < -0.39 is 35.0 Å². The van der Waals surface area contributed by atoms with E-state index in [1.54, 1.807) is 18.2 Å². The average molecular weight is 517 g/mol. The van der Waals surface area contributed by atoms with Gasteiger partial charge in [0.2, 0.25) is 5.91 Å². The Morgan fingerprint density at radius 3 is 2.69 bits per heavy atom. The number of para-hydroxylation sites is 1. The Labute approximate surface area is 216 Å². The predicted molar refractivity (Wildman–Crippen MR) is 136 cm³/mol. The summed E-state index contributed by atoms with van der Waals surface area (Å²) in [6.07, 6.45) is 4.52. The van der Waals surface area contributed by atoms with Crippen molar-refractivity contribution >= 4 is 35.1 Å². The predicted octanol–water partition coefficient (Wildman–Crippen LogP) is 3.04. The van der Waals surface area contributed by atoms with E-state index in [-0.39, 0.29) is 38.1 Å². The Morgan fingerprint density at radius 2 is 2.08 bits per heavy atom. The highest BCUT2D eigenvalue weighted by molar-refractivity contribution is 6.34. The fourth-order valence-electron chi connectivity index (χ4n) is 6.47. The van der Waals surface area contributed by atoms with Gasteiger partial charge in [-0.25, -0.2) is 0 Å². The topological polar surface area (TPSA) is 96.4 Å². The zero-order valence-corrected chi connectivity index (χ0v) is 21.5. The highest BCUT2D eigenvalue weighted by Gasteiger charge is 2.79. The van der Waals surface area contributed by atoms with Gasteiger partial charge in [0.25, 0.3) is 5.91 Å². The van der Waals surface area contributed by atoms with Gasteiger partial charge < -0.3 is 24.4 Å². The maximum absolute atomic E-state index is 14.4. The number of nitrogens with zero attached hydrogens (tertiary/aromatic N) is 2. The molecule has 1 aromatic rings. The van der Waals surface area contributed by atoms with E-state index in [9.17, 15) is 19.5 Å². The first-order valence-corrected chi connectivity index (χ1v) is 12.7. The van der Waals surface area contributed by atoms with Crippen LogP contribution in [0, 0.1) is 18.8 Å². The second kappa shape index (κ2) is 10.00. The summed E-state index contributed by atoms with van der Waals surface area (Å²) in [5.74, 6) is -3.03. The number of esters is 1. The first-order valence-electron chi connectivity index (χ1n) is 12.3. The Bertz CT molecular complexity index is 1070. The third-order valence-electron chi connectivity index (χ3n) is 7.89. The molecule has 5 atom stereocenters. The summed E-state index contributed by atoms with van der Waals surface area (Å²) in [5, 5.41) is 10.2. The molecular weight excluding hydrogens is 484 g/mol. The van der Waals surface area contributed by atoms with Crippen LogP contribution in [0.3, 0.4) is 0 Å². The number of aliphatic hydroxyl groups excluding tert-OH is 1. The number of benzene rings is 1. The van der Waals surface area contributed by atoms with Crippen LogP contribution in [-0.2, 0) is 23.9 Å². The number of amides is 2. The number of halogens is 1. The molecule has 0 saturated carbocycles. The molecule has 2 bridgehead atoms. The molecule has 3 aliphatic rings. The van der Waals surface area contributed by atoms with Gasteiger partial charge in [0.05, 0.1) is 28.8 Å². The maximum atomic E-state index is 14.4. The van der Waals surface area contributed by atoms with Crippen molar-refractivity contribution in [2.24, 2.45) is 11.8 Å². The molecule has 3 saturated heterocycles. The molecule has 3 heterocycles. The van der Waals surface area contributed by atoms with Crippen LogP contribution in [0.4, 0.5) is 5.69 Å². The Morgan fingerprint density at radius 1 is 1.33 bits per heavy atom. The molecule has 1 spiro atoms. The van der Waals surface area contributed by atoms with Crippen LogP contribution in [0.1, 0.15) is 31.7 Å². The molecule has 1 aromatic carbocycles. The first kappa shape index (κ1) is 26.4. The minimum atomic E-state index is -1.22. The molecule has 0 aliphatic carbocycles. The summed E-state index contributed by atoms with van der Waals surface area (Å²) >= 11 is 6.53. The fraction of sp³-hybridized carbons (Fsp3) is 0.519. The van der Waals surface area contributed by atoms with Gasteiger partial charge in [-0.05, 0) is 37.8 Å². The van der Waals surface area contributed by atoms with Gasteiger partial charge in [-0.2, -0.15) is 0 Å². The molecule has 9 heteroatoms. The van der Waals surface area contributed by atoms with Gasteiger partial charge in [0.1, 0.15) is 24.2 Å². The van der Waals surface area contributed by atoms with Gasteiger partial charge in [-0.1, -0.05) is 49.4 Å². The van der Waals surface area contributed by atoms with E-state index >= 15 is 0 Å². The lowest BCUT2D eigenvalue weighted by molar-refractivity contribution is -0.160. The lowest BCUT2D eigenvalue weighted by Crippen LogP contribution is -2.57. The molecule has 2 amide bonds. The van der Waals surface area contributed by atoms with Crippen molar-refractivity contribution in [2.45, 2.75) is 50.4 Å². The van der Waals surface area contributed by atoms with E-state index in [0.29, 0.717) is 30.0 Å². The molecular formula is C27H33ClN2O6. The van der Waals surface area contributed by atoms with Gasteiger partial charge >= 0.3 is 5.97 Å². The third kappa shape index (κ3) is 3.78. The van der Waals surface area contributed by atoms with E-state index in [1.807, 2.05) is 19.9 Å². The number of ether oxygens (including phenoxy) is 2. The van der Waals surface area contributed by atoms with Crippen LogP contribution >= 0.6 is 11.6 Å². The Kier molecular flexibility index (Phi) is 7.33. The second-order valence-electron chi connectivity index (χ2n) is 9.65. The van der Waals surface area contributed by atoms with Crippen molar-refractivity contribution in [1.82, 2.24) is 4.90 Å². The van der Waals surface area contributed by atoms with Crippen LogP contribution in [0.5, 0.6) is 0 Å². The van der Waals surface area contributed by atoms with Crippen molar-refractivity contribution in [3.63, 3.8) is 0 Å². The van der Waals surface area contributed by atoms with Crippen molar-refractivity contribution in [2.75, 3.05) is 31.2 Å². The van der Waals surface area contributed by atoms with E-state index in [0.717, 1.165) is 5.56 Å². The van der Waals surface area contributed by atoms with Crippen molar-refractivity contribution in [3.05, 3.63) is 54.1 Å². The minimum Gasteiger partial charge on any atom is -0.461 e. The zero-order valence-electron chi connectivity index (χ0n) is 20.7. The number of aryl methyl sites for hydroxylation is 1. The molecule has 1 N–H and O–H groups in total. The van der Waals surface area contributed by atoms with Crippen LogP contribution in [0.25, 0.3) is 0 Å². The molecule has 0 radical (unpaired) electrons. The fourth-order valence-corrected chi connectivity index (χ4v) is 6.79. The van der Waals surface area contributed by atoms with E-state index in [1.165, 1.54) is 15.9 Å². The van der Waals surface area contributed by atoms with Gasteiger partial charge in [-0.3, -0.25) is 14.4 Å². The van der Waals surface area contributed by atoms with Gasteiger partial charge in [0, 0.05) is 13.1 Å². The molecule has 3 fully saturated rings. The SMILES string of the molecule is C=CCOC(=O)[C@H]1[C@H]2C(=O)N(CCO)C(C(=O)N(CC=C)c3c(C)cccc3Cl)C23CC[C@]1(CC)O3. The van der Waals surface area contributed by atoms with Gasteiger partial charge in [-0.15, -0.1) is 6.58 Å². The quantitative estimate of drug-likeness (QED) is 0.379. The monoisotopic (exact) mass is 516 g/mol. The normalized spacial score (nSPS) is 30.3. The summed E-state index contributed by atoms with van der Waals surface area (Å²) < 4.78 is 12.1. The maximum Gasteiger partial charge on any atom is 0.313 e. The molecule has 8 nitrogen and oxygen atoms in total. The molecule has 2 unspecified atom stereocenters. The van der Waals surface area contributed by atoms with Gasteiger partial charge in [0.15, 0.2) is 0 Å². The lowest BCUT2D eigenvalue weighted by Gasteiger charge is -2.37. The number of rotatable bonds is 10. The molecule has 4 rings (SSSR count). The number of hydrogen-bond donors (Lipinski definition) is 1. The summed E-state index contributed by atoms with van der Waals surface area (Å²) in [7, 11) is 0. The second-order valence-corrected chi connectivity index (χ2v) is 10.1. The number of fused-ring (bicyclic) bond motifs is 1. The molecule has 194 valence electrons. The van der Waals surface area contributed by atoms with Crippen LogP contribution in [0.2, 0.25) is 5.02 Å². The van der Waals surface area contributed by atoms with Crippen molar-refractivity contribution in [1.29, 1.82) is 0 Å². The first-order chi connectivity index (χ1) is 17.2. The van der Waals surface area contributed by atoms with Crippen LogP contribution < -0.4 is 4.90 Å². The Hall–Kier alpha value is -2.68. The van der Waals surface area contributed by atoms with E-state index in [4.69, 9.17) is 21.1 Å². The number of carbonyl (C=O) groups excluding carboxylic acids is 3.